The highest BCUT2D eigenvalue weighted by Crippen LogP contribution is 2.19. The number of carbonyl (C=O) groups is 1. The van der Waals surface area contributed by atoms with E-state index in [2.05, 4.69) is 15.9 Å². The minimum Gasteiger partial charge on any atom is -0.344 e. The van der Waals surface area contributed by atoms with Gasteiger partial charge in [0.2, 0.25) is 0 Å². The molecular formula is C12H11BrN2O. The van der Waals surface area contributed by atoms with Crippen LogP contribution >= 0.6 is 15.9 Å². The fourth-order valence-electron chi connectivity index (χ4n) is 1.13. The van der Waals surface area contributed by atoms with E-state index < -0.39 is 0 Å². The number of nitriles is 1. The van der Waals surface area contributed by atoms with E-state index in [0.29, 0.717) is 0 Å². The topological polar surface area (TPSA) is 44.1 Å². The minimum absolute atomic E-state index is 0.122. The van der Waals surface area contributed by atoms with Gasteiger partial charge in [-0.2, -0.15) is 5.26 Å². The number of benzene rings is 1. The second kappa shape index (κ2) is 5.47. The van der Waals surface area contributed by atoms with Crippen LogP contribution in [0.15, 0.2) is 34.3 Å². The van der Waals surface area contributed by atoms with E-state index in [1.165, 1.54) is 4.90 Å². The van der Waals surface area contributed by atoms with Gasteiger partial charge in [-0.15, -0.1) is 0 Å². The molecule has 0 radical (unpaired) electrons. The van der Waals surface area contributed by atoms with Crippen LogP contribution in [0.3, 0.4) is 0 Å². The third-order valence-corrected chi connectivity index (χ3v) is 2.68. The first kappa shape index (κ1) is 12.5. The van der Waals surface area contributed by atoms with Crippen molar-refractivity contribution in [2.45, 2.75) is 0 Å². The van der Waals surface area contributed by atoms with Crippen molar-refractivity contribution >= 4 is 27.9 Å². The lowest BCUT2D eigenvalue weighted by atomic mass is 10.1. The Bertz CT molecular complexity index is 472. The van der Waals surface area contributed by atoms with Crippen molar-refractivity contribution in [2.24, 2.45) is 0 Å². The summed E-state index contributed by atoms with van der Waals surface area (Å²) in [5, 5.41) is 8.92. The zero-order valence-corrected chi connectivity index (χ0v) is 10.7. The predicted octanol–water partition coefficient (Wildman–Crippen LogP) is 2.44. The third-order valence-electron chi connectivity index (χ3n) is 1.96. The first-order chi connectivity index (χ1) is 7.56. The summed E-state index contributed by atoms with van der Waals surface area (Å²) in [6.07, 6.45) is 1.58. The molecule has 0 aliphatic heterocycles. The molecule has 3 nitrogen and oxygen atoms in total. The molecule has 82 valence electrons. The molecule has 0 heterocycles. The molecular weight excluding hydrogens is 268 g/mol. The first-order valence-corrected chi connectivity index (χ1v) is 5.43. The SMILES string of the molecule is CN(C)C(=O)/C(C#N)=C/c1ccccc1Br. The molecule has 1 rings (SSSR count). The van der Waals surface area contributed by atoms with Crippen LogP contribution in [0.4, 0.5) is 0 Å². The van der Waals surface area contributed by atoms with E-state index in [9.17, 15) is 4.79 Å². The fraction of sp³-hybridized carbons (Fsp3) is 0.167. The quantitative estimate of drug-likeness (QED) is 0.616. The molecule has 0 N–H and O–H groups in total. The summed E-state index contributed by atoms with van der Waals surface area (Å²) in [5.41, 5.74) is 0.936. The average Bonchev–Trinajstić information content (AvgIpc) is 2.27. The van der Waals surface area contributed by atoms with Gasteiger partial charge in [0.05, 0.1) is 0 Å². The summed E-state index contributed by atoms with van der Waals surface area (Å²) < 4.78 is 0.856. The molecule has 0 aromatic heterocycles. The van der Waals surface area contributed by atoms with Gasteiger partial charge in [-0.1, -0.05) is 34.1 Å². The lowest BCUT2D eigenvalue weighted by Gasteiger charge is -2.08. The molecule has 0 atom stereocenters. The van der Waals surface area contributed by atoms with Crippen LogP contribution in [0.25, 0.3) is 6.08 Å². The summed E-state index contributed by atoms with van der Waals surface area (Å²) in [7, 11) is 3.24. The Labute approximate surface area is 103 Å². The molecule has 1 aromatic carbocycles. The lowest BCUT2D eigenvalue weighted by Crippen LogP contribution is -2.22. The number of rotatable bonds is 2. The van der Waals surface area contributed by atoms with Gasteiger partial charge in [0.15, 0.2) is 0 Å². The molecule has 0 aliphatic carbocycles. The standard InChI is InChI=1S/C12H11BrN2O/c1-15(2)12(16)10(8-14)7-9-5-3-4-6-11(9)13/h3-7H,1-2H3/b10-7+. The minimum atomic E-state index is -0.293. The molecule has 0 saturated carbocycles. The number of halogens is 1. The molecule has 0 unspecified atom stereocenters. The zero-order chi connectivity index (χ0) is 12.1. The molecule has 1 amide bonds. The van der Waals surface area contributed by atoms with Gasteiger partial charge in [-0.3, -0.25) is 4.79 Å². The van der Waals surface area contributed by atoms with Gasteiger partial charge in [0.1, 0.15) is 11.6 Å². The molecule has 0 bridgehead atoms. The van der Waals surface area contributed by atoms with Gasteiger partial charge < -0.3 is 4.90 Å². The van der Waals surface area contributed by atoms with E-state index in [0.717, 1.165) is 10.0 Å². The Hall–Kier alpha value is -1.60. The monoisotopic (exact) mass is 278 g/mol. The first-order valence-electron chi connectivity index (χ1n) is 4.64. The maximum absolute atomic E-state index is 11.6. The normalized spacial score (nSPS) is 10.8. The van der Waals surface area contributed by atoms with Crippen LogP contribution in [-0.2, 0) is 4.79 Å². The highest BCUT2D eigenvalue weighted by atomic mass is 79.9. The zero-order valence-electron chi connectivity index (χ0n) is 9.07. The predicted molar refractivity (Wildman–Crippen MR) is 66.4 cm³/mol. The second-order valence-electron chi connectivity index (χ2n) is 3.39. The van der Waals surface area contributed by atoms with Crippen molar-refractivity contribution in [1.29, 1.82) is 5.26 Å². The average molecular weight is 279 g/mol. The summed E-state index contributed by atoms with van der Waals surface area (Å²) in [5.74, 6) is -0.293. The van der Waals surface area contributed by atoms with Crippen molar-refractivity contribution < 1.29 is 4.79 Å². The van der Waals surface area contributed by atoms with E-state index in [-0.39, 0.29) is 11.5 Å². The number of likely N-dealkylation sites (N-methyl/N-ethyl adjacent to an activating group) is 1. The van der Waals surface area contributed by atoms with E-state index >= 15 is 0 Å². The van der Waals surface area contributed by atoms with E-state index in [1.807, 2.05) is 30.3 Å². The maximum atomic E-state index is 11.6. The van der Waals surface area contributed by atoms with Gasteiger partial charge >= 0.3 is 0 Å². The van der Waals surface area contributed by atoms with Gasteiger partial charge in [-0.25, -0.2) is 0 Å². The van der Waals surface area contributed by atoms with Crippen LogP contribution in [0.1, 0.15) is 5.56 Å². The van der Waals surface area contributed by atoms with Crippen molar-refractivity contribution in [3.8, 4) is 6.07 Å². The van der Waals surface area contributed by atoms with E-state index in [4.69, 9.17) is 5.26 Å². The van der Waals surface area contributed by atoms with Crippen molar-refractivity contribution in [2.75, 3.05) is 14.1 Å². The lowest BCUT2D eigenvalue weighted by molar-refractivity contribution is -0.124. The number of hydrogen-bond acceptors (Lipinski definition) is 2. The molecule has 0 saturated heterocycles. The van der Waals surface area contributed by atoms with Crippen LogP contribution < -0.4 is 0 Å². The number of nitrogens with zero attached hydrogens (tertiary/aromatic N) is 2. The highest BCUT2D eigenvalue weighted by molar-refractivity contribution is 9.10. The number of amides is 1. The summed E-state index contributed by atoms with van der Waals surface area (Å²) in [4.78, 5) is 13.0. The Morgan fingerprint density at radius 3 is 2.56 bits per heavy atom. The maximum Gasteiger partial charge on any atom is 0.264 e. The fourth-order valence-corrected chi connectivity index (χ4v) is 1.53. The van der Waals surface area contributed by atoms with Crippen molar-refractivity contribution in [3.05, 3.63) is 39.9 Å². The Kier molecular flexibility index (Phi) is 4.27. The molecule has 0 spiro atoms. The van der Waals surface area contributed by atoms with Crippen LogP contribution in [0.5, 0.6) is 0 Å². The molecule has 4 heteroatoms. The third kappa shape index (κ3) is 2.94. The number of carbonyl (C=O) groups excluding carboxylic acids is 1. The summed E-state index contributed by atoms with van der Waals surface area (Å²) >= 11 is 3.36. The molecule has 0 aliphatic rings. The van der Waals surface area contributed by atoms with Gasteiger partial charge in [-0.05, 0) is 17.7 Å². The smallest absolute Gasteiger partial charge is 0.264 e. The number of hydrogen-bond donors (Lipinski definition) is 0. The van der Waals surface area contributed by atoms with Crippen molar-refractivity contribution in [1.82, 2.24) is 4.90 Å². The van der Waals surface area contributed by atoms with Crippen LogP contribution in [0.2, 0.25) is 0 Å². The molecule has 1 aromatic rings. The molecule has 0 fully saturated rings. The van der Waals surface area contributed by atoms with Crippen LogP contribution in [0, 0.1) is 11.3 Å². The summed E-state index contributed by atoms with van der Waals surface area (Å²) in [6, 6.07) is 9.34. The van der Waals surface area contributed by atoms with Crippen molar-refractivity contribution in [3.63, 3.8) is 0 Å². The Morgan fingerprint density at radius 2 is 2.06 bits per heavy atom. The highest BCUT2D eigenvalue weighted by Gasteiger charge is 2.11. The van der Waals surface area contributed by atoms with Gasteiger partial charge in [0, 0.05) is 18.6 Å². The second-order valence-corrected chi connectivity index (χ2v) is 4.25. The van der Waals surface area contributed by atoms with E-state index in [1.54, 1.807) is 20.2 Å². The van der Waals surface area contributed by atoms with Gasteiger partial charge in [0.25, 0.3) is 5.91 Å². The van der Waals surface area contributed by atoms with Crippen LogP contribution in [-0.4, -0.2) is 24.9 Å². The molecule has 16 heavy (non-hydrogen) atoms. The largest absolute Gasteiger partial charge is 0.344 e. The summed E-state index contributed by atoms with van der Waals surface area (Å²) in [6.45, 7) is 0. The Morgan fingerprint density at radius 1 is 1.44 bits per heavy atom. The Balaban J connectivity index is 3.12.